The Morgan fingerprint density at radius 3 is 2.30 bits per heavy atom. The van der Waals surface area contributed by atoms with Gasteiger partial charge in [-0.15, -0.1) is 0 Å². The van der Waals surface area contributed by atoms with E-state index in [1.165, 1.54) is 18.7 Å². The van der Waals surface area contributed by atoms with Crippen LogP contribution in [0.4, 0.5) is 38.0 Å². The number of nitrogens with zero attached hydrogens (tertiary/aromatic N) is 6. The Balaban J connectivity index is 1.49. The van der Waals surface area contributed by atoms with Crippen LogP contribution in [0.3, 0.4) is 0 Å². The van der Waals surface area contributed by atoms with Crippen LogP contribution in [0.1, 0.15) is 25.0 Å². The number of carbonyl (C=O) groups excluding carboxylic acids is 1. The molecule has 3 rings (SSSR count). The van der Waals surface area contributed by atoms with E-state index in [0.29, 0.717) is 12.4 Å². The maximum Gasteiger partial charge on any atom is 0.423 e. The molecule has 11 nitrogen and oxygen atoms in total. The van der Waals surface area contributed by atoms with Gasteiger partial charge in [-0.05, 0) is 13.8 Å². The van der Waals surface area contributed by atoms with E-state index >= 15 is 0 Å². The van der Waals surface area contributed by atoms with Gasteiger partial charge in [0.25, 0.3) is 11.5 Å². The van der Waals surface area contributed by atoms with Gasteiger partial charge in [-0.1, -0.05) is 5.16 Å². The monoisotopic (exact) mass is 536 g/mol. The molecule has 1 fully saturated rings. The molecule has 2 N–H and O–H groups in total. The summed E-state index contributed by atoms with van der Waals surface area (Å²) >= 11 is 0. The molecule has 1 aliphatic heterocycles. The summed E-state index contributed by atoms with van der Waals surface area (Å²) in [7, 11) is 0. The molecule has 1 saturated heterocycles. The number of H-pyrrole nitrogens is 1. The number of carbonyl (C=O) groups is 1. The third-order valence-corrected chi connectivity index (χ3v) is 5.42. The van der Waals surface area contributed by atoms with E-state index in [9.17, 15) is 35.9 Å². The summed E-state index contributed by atoms with van der Waals surface area (Å²) in [5, 5.41) is 11.4. The number of rotatable bonds is 7. The minimum Gasteiger partial charge on any atom is -0.386 e. The summed E-state index contributed by atoms with van der Waals surface area (Å²) in [6.45, 7) is 3.54. The Hall–Kier alpha value is -3.92. The molecule has 0 spiro atoms. The lowest BCUT2D eigenvalue weighted by molar-refractivity contribution is -0.139. The zero-order chi connectivity index (χ0) is 27.4. The third kappa shape index (κ3) is 7.07. The SMILES string of the molecule is C/C(=N\OCC(=O)N1CCN(c2ncc(C(F)(F)F)cn2)CC1)C(C)Nc1cn[nH]c(=O)c1C(F)(F)F. The van der Waals surface area contributed by atoms with Crippen LogP contribution in [-0.4, -0.2) is 75.5 Å². The number of aromatic amines is 1. The molecule has 3 heterocycles. The number of amides is 1. The van der Waals surface area contributed by atoms with Crippen molar-refractivity contribution in [3.05, 3.63) is 40.1 Å². The maximum absolute atomic E-state index is 13.2. The fourth-order valence-corrected chi connectivity index (χ4v) is 3.27. The van der Waals surface area contributed by atoms with E-state index in [2.05, 4.69) is 25.5 Å². The number of nitrogens with one attached hydrogen (secondary N) is 2. The van der Waals surface area contributed by atoms with Gasteiger partial charge in [0.2, 0.25) is 5.95 Å². The molecule has 1 unspecified atom stereocenters. The van der Waals surface area contributed by atoms with Crippen molar-refractivity contribution in [3.8, 4) is 0 Å². The van der Waals surface area contributed by atoms with Crippen molar-refractivity contribution in [2.24, 2.45) is 5.16 Å². The van der Waals surface area contributed by atoms with E-state index in [1.54, 1.807) is 10.00 Å². The van der Waals surface area contributed by atoms with Gasteiger partial charge in [-0.3, -0.25) is 9.59 Å². The van der Waals surface area contributed by atoms with E-state index in [0.717, 1.165) is 6.20 Å². The molecule has 37 heavy (non-hydrogen) atoms. The van der Waals surface area contributed by atoms with Gasteiger partial charge in [0.15, 0.2) is 6.61 Å². The number of anilines is 2. The standard InChI is InChI=1S/C20H22F6N8O3/c1-11(30-14-9-29-31-17(36)16(14)20(24,25)26)12(2)32-37-10-15(35)33-3-5-34(6-4-33)18-27-7-13(8-28-18)19(21,22)23/h7-9,11H,3-6,10H2,1-2H3,(H2,30,31,36)/b32-12+. The predicted molar refractivity (Wildman–Crippen MR) is 118 cm³/mol. The first-order valence-electron chi connectivity index (χ1n) is 10.8. The Bertz CT molecular complexity index is 1170. The lowest BCUT2D eigenvalue weighted by Gasteiger charge is -2.34. The lowest BCUT2D eigenvalue weighted by Crippen LogP contribution is -2.50. The van der Waals surface area contributed by atoms with Crippen LogP contribution < -0.4 is 15.8 Å². The molecule has 1 amide bonds. The first-order chi connectivity index (χ1) is 17.3. The highest BCUT2D eigenvalue weighted by atomic mass is 19.4. The first kappa shape index (κ1) is 27.7. The fourth-order valence-electron chi connectivity index (χ4n) is 3.27. The quantitative estimate of drug-likeness (QED) is 0.313. The van der Waals surface area contributed by atoms with Crippen molar-refractivity contribution in [2.45, 2.75) is 32.2 Å². The highest BCUT2D eigenvalue weighted by molar-refractivity contribution is 5.89. The van der Waals surface area contributed by atoms with Crippen LogP contribution >= 0.6 is 0 Å². The molecule has 2 aromatic rings. The fraction of sp³-hybridized carbons (Fsp3) is 0.500. The minimum atomic E-state index is -4.91. The second-order valence-corrected chi connectivity index (χ2v) is 8.00. The summed E-state index contributed by atoms with van der Waals surface area (Å²) in [6.07, 6.45) is -7.23. The lowest BCUT2D eigenvalue weighted by atomic mass is 10.2. The maximum atomic E-state index is 13.2. The Labute approximate surface area is 205 Å². The van der Waals surface area contributed by atoms with Crippen molar-refractivity contribution in [3.63, 3.8) is 0 Å². The molecule has 0 aromatic carbocycles. The van der Waals surface area contributed by atoms with Crippen LogP contribution in [0.5, 0.6) is 0 Å². The summed E-state index contributed by atoms with van der Waals surface area (Å²) in [5.74, 6) is -0.300. The van der Waals surface area contributed by atoms with Crippen LogP contribution in [0.2, 0.25) is 0 Å². The van der Waals surface area contributed by atoms with Crippen LogP contribution in [0.15, 0.2) is 28.5 Å². The van der Waals surface area contributed by atoms with Crippen molar-refractivity contribution in [1.82, 2.24) is 25.1 Å². The van der Waals surface area contributed by atoms with Crippen molar-refractivity contribution in [1.29, 1.82) is 0 Å². The molecule has 0 radical (unpaired) electrons. The number of hydrogen-bond acceptors (Lipinski definition) is 9. The minimum absolute atomic E-state index is 0.113. The van der Waals surface area contributed by atoms with Crippen molar-refractivity contribution in [2.75, 3.05) is 43.0 Å². The van der Waals surface area contributed by atoms with Gasteiger partial charge in [-0.2, -0.15) is 31.4 Å². The highest BCUT2D eigenvalue weighted by Crippen LogP contribution is 2.31. The molecule has 17 heteroatoms. The number of piperazine rings is 1. The second-order valence-electron chi connectivity index (χ2n) is 8.00. The molecule has 0 bridgehead atoms. The van der Waals surface area contributed by atoms with Crippen molar-refractivity contribution >= 4 is 23.3 Å². The van der Waals surface area contributed by atoms with E-state index in [-0.39, 0.29) is 37.8 Å². The number of oxime groups is 1. The van der Waals surface area contributed by atoms with Crippen LogP contribution in [0.25, 0.3) is 0 Å². The summed E-state index contributed by atoms with van der Waals surface area (Å²) in [6, 6.07) is -0.799. The number of aromatic nitrogens is 4. The molecule has 1 atom stereocenters. The normalized spacial score (nSPS) is 15.9. The molecular weight excluding hydrogens is 514 g/mol. The highest BCUT2D eigenvalue weighted by Gasteiger charge is 2.37. The molecule has 202 valence electrons. The van der Waals surface area contributed by atoms with Gasteiger partial charge < -0.3 is 20.0 Å². The Kier molecular flexibility index (Phi) is 8.22. The average Bonchev–Trinajstić information content (AvgIpc) is 2.82. The van der Waals surface area contributed by atoms with Gasteiger partial charge in [0.1, 0.15) is 5.56 Å². The Morgan fingerprint density at radius 1 is 1.11 bits per heavy atom. The first-order valence-corrected chi connectivity index (χ1v) is 10.8. The molecule has 2 aromatic heterocycles. The molecule has 0 saturated carbocycles. The summed E-state index contributed by atoms with van der Waals surface area (Å²) < 4.78 is 77.5. The van der Waals surface area contributed by atoms with E-state index in [4.69, 9.17) is 4.84 Å². The van der Waals surface area contributed by atoms with Gasteiger partial charge in [0.05, 0.1) is 29.2 Å². The van der Waals surface area contributed by atoms with Crippen LogP contribution in [-0.2, 0) is 22.0 Å². The van der Waals surface area contributed by atoms with Gasteiger partial charge in [0, 0.05) is 38.6 Å². The van der Waals surface area contributed by atoms with Gasteiger partial charge in [-0.25, -0.2) is 15.1 Å². The van der Waals surface area contributed by atoms with E-state index < -0.39 is 53.3 Å². The van der Waals surface area contributed by atoms with Gasteiger partial charge >= 0.3 is 12.4 Å². The molecule has 1 aliphatic rings. The number of halogens is 6. The Morgan fingerprint density at radius 2 is 1.73 bits per heavy atom. The third-order valence-electron chi connectivity index (χ3n) is 5.42. The largest absolute Gasteiger partial charge is 0.423 e. The van der Waals surface area contributed by atoms with Crippen LogP contribution in [0, 0.1) is 0 Å². The number of hydrogen-bond donors (Lipinski definition) is 2. The van der Waals surface area contributed by atoms with Crippen molar-refractivity contribution < 1.29 is 36.0 Å². The summed E-state index contributed by atoms with van der Waals surface area (Å²) in [4.78, 5) is 39.6. The summed E-state index contributed by atoms with van der Waals surface area (Å²) in [5.41, 5.74) is -4.13. The molecular formula is C20H22F6N8O3. The molecule has 0 aliphatic carbocycles. The second kappa shape index (κ2) is 11.0. The topological polar surface area (TPSA) is 129 Å². The zero-order valence-corrected chi connectivity index (χ0v) is 19.5. The van der Waals surface area contributed by atoms with E-state index in [1.807, 2.05) is 0 Å². The zero-order valence-electron chi connectivity index (χ0n) is 19.5. The number of alkyl halides is 6. The average molecular weight is 536 g/mol. The smallest absolute Gasteiger partial charge is 0.386 e. The predicted octanol–water partition coefficient (Wildman–Crippen LogP) is 2.14.